The number of ether oxygens (including phenoxy) is 1. The van der Waals surface area contributed by atoms with Gasteiger partial charge in [0.05, 0.1) is 6.20 Å². The standard InChI is InChI=1S/C12H10F3N3O/c13-12(14,15)11-17-6-9(10(16)18-11)19-7-8-4-2-1-3-5-8/h1-6H,7H2,(H2,16,17,18). The Hall–Kier alpha value is -2.31. The summed E-state index contributed by atoms with van der Waals surface area (Å²) in [6, 6.07) is 9.14. The van der Waals surface area contributed by atoms with Gasteiger partial charge in [-0.3, -0.25) is 0 Å². The number of nitrogen functional groups attached to an aromatic ring is 1. The van der Waals surface area contributed by atoms with Crippen LogP contribution in [0.4, 0.5) is 19.0 Å². The lowest BCUT2D eigenvalue weighted by atomic mass is 10.2. The zero-order valence-electron chi connectivity index (χ0n) is 9.69. The molecule has 4 nitrogen and oxygen atoms in total. The summed E-state index contributed by atoms with van der Waals surface area (Å²) in [5.41, 5.74) is 6.27. The molecule has 0 bridgehead atoms. The minimum atomic E-state index is -4.62. The van der Waals surface area contributed by atoms with Crippen LogP contribution in [-0.2, 0) is 12.8 Å². The summed E-state index contributed by atoms with van der Waals surface area (Å²) < 4.78 is 42.3. The van der Waals surface area contributed by atoms with Gasteiger partial charge in [-0.1, -0.05) is 30.3 Å². The van der Waals surface area contributed by atoms with E-state index in [4.69, 9.17) is 10.5 Å². The van der Waals surface area contributed by atoms with Crippen molar-refractivity contribution in [3.63, 3.8) is 0 Å². The Morgan fingerprint density at radius 1 is 1.16 bits per heavy atom. The molecule has 0 unspecified atom stereocenters. The van der Waals surface area contributed by atoms with Gasteiger partial charge in [0.2, 0.25) is 5.82 Å². The van der Waals surface area contributed by atoms with Crippen molar-refractivity contribution in [2.24, 2.45) is 0 Å². The van der Waals surface area contributed by atoms with E-state index in [0.717, 1.165) is 11.8 Å². The summed E-state index contributed by atoms with van der Waals surface area (Å²) in [5.74, 6) is -1.59. The minimum Gasteiger partial charge on any atom is -0.483 e. The lowest BCUT2D eigenvalue weighted by Gasteiger charge is -2.10. The van der Waals surface area contributed by atoms with Gasteiger partial charge in [-0.15, -0.1) is 0 Å². The first-order valence-electron chi connectivity index (χ1n) is 5.33. The summed E-state index contributed by atoms with van der Waals surface area (Å²) >= 11 is 0. The van der Waals surface area contributed by atoms with Crippen LogP contribution in [0.1, 0.15) is 11.4 Å². The highest BCUT2D eigenvalue weighted by atomic mass is 19.4. The largest absolute Gasteiger partial charge is 0.483 e. The van der Waals surface area contributed by atoms with Gasteiger partial charge in [-0.2, -0.15) is 13.2 Å². The predicted octanol–water partition coefficient (Wildman–Crippen LogP) is 2.66. The second-order valence-electron chi connectivity index (χ2n) is 3.72. The normalized spacial score (nSPS) is 11.3. The molecule has 0 saturated heterocycles. The maximum absolute atomic E-state index is 12.3. The zero-order chi connectivity index (χ0) is 13.9. The summed E-state index contributed by atoms with van der Waals surface area (Å²) in [4.78, 5) is 6.36. The Bertz CT molecular complexity index is 558. The van der Waals surface area contributed by atoms with Crippen molar-refractivity contribution >= 4 is 5.82 Å². The molecule has 0 fully saturated rings. The number of alkyl halides is 3. The number of nitrogens with zero attached hydrogens (tertiary/aromatic N) is 2. The number of anilines is 1. The second-order valence-corrected chi connectivity index (χ2v) is 3.72. The summed E-state index contributed by atoms with van der Waals surface area (Å²) in [6.45, 7) is 0.180. The molecule has 19 heavy (non-hydrogen) atoms. The Labute approximate surface area is 107 Å². The third kappa shape index (κ3) is 3.34. The van der Waals surface area contributed by atoms with Gasteiger partial charge in [0.1, 0.15) is 6.61 Å². The molecule has 1 aromatic carbocycles. The molecule has 1 aromatic heterocycles. The van der Waals surface area contributed by atoms with Crippen molar-refractivity contribution in [3.05, 3.63) is 47.9 Å². The fourth-order valence-electron chi connectivity index (χ4n) is 1.37. The number of benzene rings is 1. The average Bonchev–Trinajstić information content (AvgIpc) is 2.37. The van der Waals surface area contributed by atoms with Crippen molar-refractivity contribution in [2.75, 3.05) is 5.73 Å². The topological polar surface area (TPSA) is 61.0 Å². The number of nitrogens with two attached hydrogens (primary N) is 1. The van der Waals surface area contributed by atoms with Crippen LogP contribution in [0.15, 0.2) is 36.5 Å². The van der Waals surface area contributed by atoms with Gasteiger partial charge in [0.25, 0.3) is 0 Å². The lowest BCUT2D eigenvalue weighted by Crippen LogP contribution is -2.13. The molecular formula is C12H10F3N3O. The Morgan fingerprint density at radius 2 is 1.84 bits per heavy atom. The Balaban J connectivity index is 2.10. The van der Waals surface area contributed by atoms with Gasteiger partial charge in [0, 0.05) is 0 Å². The highest BCUT2D eigenvalue weighted by Gasteiger charge is 2.35. The summed E-state index contributed by atoms with van der Waals surface area (Å²) in [7, 11) is 0. The molecule has 0 radical (unpaired) electrons. The highest BCUT2D eigenvalue weighted by molar-refractivity contribution is 5.44. The molecule has 0 atom stereocenters. The summed E-state index contributed by atoms with van der Waals surface area (Å²) in [6.07, 6.45) is -3.69. The molecule has 0 amide bonds. The second kappa shape index (κ2) is 5.13. The molecule has 1 heterocycles. The molecule has 2 N–H and O–H groups in total. The van der Waals surface area contributed by atoms with E-state index < -0.39 is 12.0 Å². The van der Waals surface area contributed by atoms with Gasteiger partial charge < -0.3 is 10.5 Å². The number of halogens is 3. The monoisotopic (exact) mass is 269 g/mol. The fourth-order valence-corrected chi connectivity index (χ4v) is 1.37. The summed E-state index contributed by atoms with van der Waals surface area (Å²) in [5, 5.41) is 0. The highest BCUT2D eigenvalue weighted by Crippen LogP contribution is 2.29. The molecule has 0 aliphatic rings. The van der Waals surface area contributed by atoms with Crippen molar-refractivity contribution in [3.8, 4) is 5.75 Å². The SMILES string of the molecule is Nc1nc(C(F)(F)F)ncc1OCc1ccccc1. The third-order valence-electron chi connectivity index (χ3n) is 2.27. The van der Waals surface area contributed by atoms with Crippen molar-refractivity contribution < 1.29 is 17.9 Å². The Kier molecular flexibility index (Phi) is 3.55. The maximum atomic E-state index is 12.3. The van der Waals surface area contributed by atoms with Crippen LogP contribution < -0.4 is 10.5 Å². The van der Waals surface area contributed by atoms with E-state index in [2.05, 4.69) is 9.97 Å². The third-order valence-corrected chi connectivity index (χ3v) is 2.27. The first-order chi connectivity index (χ1) is 8.97. The maximum Gasteiger partial charge on any atom is 0.451 e. The number of hydrogen-bond acceptors (Lipinski definition) is 4. The molecule has 2 aromatic rings. The first kappa shape index (κ1) is 13.1. The molecule has 100 valence electrons. The van der Waals surface area contributed by atoms with Crippen LogP contribution in [0, 0.1) is 0 Å². The molecule has 7 heteroatoms. The Morgan fingerprint density at radius 3 is 2.42 bits per heavy atom. The van der Waals surface area contributed by atoms with E-state index in [1.165, 1.54) is 0 Å². The number of rotatable bonds is 3. The van der Waals surface area contributed by atoms with Gasteiger partial charge >= 0.3 is 6.18 Å². The molecular weight excluding hydrogens is 259 g/mol. The first-order valence-corrected chi connectivity index (χ1v) is 5.33. The molecule has 0 aliphatic carbocycles. The van der Waals surface area contributed by atoms with Crippen LogP contribution in [0.25, 0.3) is 0 Å². The quantitative estimate of drug-likeness (QED) is 0.930. The van der Waals surface area contributed by atoms with Crippen molar-refractivity contribution in [2.45, 2.75) is 12.8 Å². The fraction of sp³-hybridized carbons (Fsp3) is 0.167. The van der Waals surface area contributed by atoms with Gasteiger partial charge in [-0.05, 0) is 5.56 Å². The van der Waals surface area contributed by atoms with E-state index >= 15 is 0 Å². The van der Waals surface area contributed by atoms with Crippen LogP contribution in [0.5, 0.6) is 5.75 Å². The van der Waals surface area contributed by atoms with E-state index in [1.807, 2.05) is 30.3 Å². The average molecular weight is 269 g/mol. The molecule has 0 saturated carbocycles. The van der Waals surface area contributed by atoms with Crippen molar-refractivity contribution in [1.82, 2.24) is 9.97 Å². The lowest BCUT2D eigenvalue weighted by molar-refractivity contribution is -0.144. The minimum absolute atomic E-state index is 0.0249. The van der Waals surface area contributed by atoms with Crippen LogP contribution in [0.3, 0.4) is 0 Å². The van der Waals surface area contributed by atoms with E-state index in [0.29, 0.717) is 0 Å². The van der Waals surface area contributed by atoms with E-state index in [-0.39, 0.29) is 18.2 Å². The van der Waals surface area contributed by atoms with Gasteiger partial charge in [0.15, 0.2) is 11.6 Å². The number of hydrogen-bond donors (Lipinski definition) is 1. The van der Waals surface area contributed by atoms with Crippen LogP contribution in [0.2, 0.25) is 0 Å². The van der Waals surface area contributed by atoms with Crippen molar-refractivity contribution in [1.29, 1.82) is 0 Å². The number of aromatic nitrogens is 2. The molecule has 0 spiro atoms. The molecule has 0 aliphatic heterocycles. The van der Waals surface area contributed by atoms with Crippen LogP contribution in [-0.4, -0.2) is 9.97 Å². The van der Waals surface area contributed by atoms with Gasteiger partial charge in [-0.25, -0.2) is 9.97 Å². The molecule has 2 rings (SSSR count). The van der Waals surface area contributed by atoms with E-state index in [9.17, 15) is 13.2 Å². The predicted molar refractivity (Wildman–Crippen MR) is 62.2 cm³/mol. The van der Waals surface area contributed by atoms with Crippen LogP contribution >= 0.6 is 0 Å². The smallest absolute Gasteiger partial charge is 0.451 e. The zero-order valence-corrected chi connectivity index (χ0v) is 9.69. The van der Waals surface area contributed by atoms with E-state index in [1.54, 1.807) is 0 Å².